The smallest absolute Gasteiger partial charge is 0.271 e. The molecule has 0 aromatic carbocycles. The number of ether oxygens (including phenoxy) is 1. The monoisotopic (exact) mass is 262 g/mol. The van der Waals surface area contributed by atoms with Crippen molar-refractivity contribution in [3.63, 3.8) is 0 Å². The van der Waals surface area contributed by atoms with Crippen LogP contribution in [0.15, 0.2) is 18.6 Å². The van der Waals surface area contributed by atoms with Gasteiger partial charge in [-0.1, -0.05) is 0 Å². The molecule has 1 amide bonds. The van der Waals surface area contributed by atoms with Crippen LogP contribution in [0.25, 0.3) is 0 Å². The summed E-state index contributed by atoms with van der Waals surface area (Å²) in [7, 11) is 0. The van der Waals surface area contributed by atoms with Crippen LogP contribution in [0.4, 0.5) is 0 Å². The van der Waals surface area contributed by atoms with Crippen molar-refractivity contribution in [3.8, 4) is 0 Å². The van der Waals surface area contributed by atoms with Crippen LogP contribution in [0.2, 0.25) is 0 Å². The quantitative estimate of drug-likeness (QED) is 0.800. The van der Waals surface area contributed by atoms with Gasteiger partial charge in [0.2, 0.25) is 0 Å². The average molecular weight is 262 g/mol. The molecule has 3 atom stereocenters. The predicted molar refractivity (Wildman–Crippen MR) is 68.6 cm³/mol. The van der Waals surface area contributed by atoms with E-state index in [-0.39, 0.29) is 12.0 Å². The summed E-state index contributed by atoms with van der Waals surface area (Å²) in [6.45, 7) is 2.33. The van der Waals surface area contributed by atoms with Crippen molar-refractivity contribution in [2.24, 2.45) is 5.92 Å². The molecule has 0 unspecified atom stereocenters. The van der Waals surface area contributed by atoms with Crippen molar-refractivity contribution in [2.75, 3.05) is 19.7 Å². The zero-order valence-electron chi connectivity index (χ0n) is 10.7. The van der Waals surface area contributed by atoms with E-state index < -0.39 is 0 Å². The van der Waals surface area contributed by atoms with Crippen LogP contribution < -0.4 is 10.6 Å². The molecular weight excluding hydrogens is 244 g/mol. The predicted octanol–water partition coefficient (Wildman–Crippen LogP) is -0.0266. The van der Waals surface area contributed by atoms with Crippen LogP contribution in [-0.2, 0) is 4.74 Å². The minimum Gasteiger partial charge on any atom is -0.375 e. The number of hydrogen-bond acceptors (Lipinski definition) is 5. The van der Waals surface area contributed by atoms with E-state index in [4.69, 9.17) is 4.74 Å². The summed E-state index contributed by atoms with van der Waals surface area (Å²) in [4.78, 5) is 19.8. The third-order valence-electron chi connectivity index (χ3n) is 3.85. The van der Waals surface area contributed by atoms with Crippen LogP contribution in [0.1, 0.15) is 23.3 Å². The lowest BCUT2D eigenvalue weighted by atomic mass is 10.0. The molecule has 2 fully saturated rings. The number of hydrogen-bond donors (Lipinski definition) is 2. The van der Waals surface area contributed by atoms with Gasteiger partial charge in [0.25, 0.3) is 5.91 Å². The first-order chi connectivity index (χ1) is 9.34. The molecule has 19 heavy (non-hydrogen) atoms. The fraction of sp³-hybridized carbons (Fsp3) is 0.615. The Morgan fingerprint density at radius 2 is 2.42 bits per heavy atom. The average Bonchev–Trinajstić information content (AvgIpc) is 2.89. The fourth-order valence-electron chi connectivity index (χ4n) is 2.91. The summed E-state index contributed by atoms with van der Waals surface area (Å²) in [6, 6.07) is 0.451. The Labute approximate surface area is 112 Å². The zero-order valence-corrected chi connectivity index (χ0v) is 10.7. The van der Waals surface area contributed by atoms with Gasteiger partial charge in [0.05, 0.1) is 18.9 Å². The molecule has 1 aromatic heterocycles. The summed E-state index contributed by atoms with van der Waals surface area (Å²) in [5.41, 5.74) is 0.361. The Hall–Kier alpha value is -1.53. The first kappa shape index (κ1) is 12.5. The number of rotatable bonds is 3. The lowest BCUT2D eigenvalue weighted by Crippen LogP contribution is -2.48. The van der Waals surface area contributed by atoms with E-state index in [0.717, 1.165) is 26.0 Å². The van der Waals surface area contributed by atoms with Crippen LogP contribution in [0, 0.1) is 5.92 Å². The summed E-state index contributed by atoms with van der Waals surface area (Å²) >= 11 is 0. The van der Waals surface area contributed by atoms with E-state index in [1.54, 1.807) is 6.20 Å². The maximum absolute atomic E-state index is 11.9. The van der Waals surface area contributed by atoms with Crippen LogP contribution >= 0.6 is 0 Å². The maximum atomic E-state index is 11.9. The molecule has 0 radical (unpaired) electrons. The largest absolute Gasteiger partial charge is 0.375 e. The first-order valence-electron chi connectivity index (χ1n) is 6.74. The SMILES string of the molecule is O=C(NC[C@@H]1CC[C@H]2NCCO[C@@H]12)c1cnccn1. The fourth-order valence-corrected chi connectivity index (χ4v) is 2.91. The third-order valence-corrected chi connectivity index (χ3v) is 3.85. The molecule has 2 N–H and O–H groups in total. The lowest BCUT2D eigenvalue weighted by Gasteiger charge is -2.30. The van der Waals surface area contributed by atoms with Gasteiger partial charge in [-0.25, -0.2) is 4.98 Å². The molecule has 102 valence electrons. The normalized spacial score (nSPS) is 29.8. The molecular formula is C13H18N4O2. The molecule has 1 aliphatic carbocycles. The number of carbonyl (C=O) groups excluding carboxylic acids is 1. The summed E-state index contributed by atoms with van der Waals surface area (Å²) in [6.07, 6.45) is 7.00. The second kappa shape index (κ2) is 5.63. The highest BCUT2D eigenvalue weighted by atomic mass is 16.5. The van der Waals surface area contributed by atoms with Crippen molar-refractivity contribution in [2.45, 2.75) is 25.0 Å². The number of morpholine rings is 1. The molecule has 2 aliphatic rings. The highest BCUT2D eigenvalue weighted by Crippen LogP contribution is 2.29. The van der Waals surface area contributed by atoms with Gasteiger partial charge in [-0.15, -0.1) is 0 Å². The Morgan fingerprint density at radius 3 is 3.26 bits per heavy atom. The van der Waals surface area contributed by atoms with Gasteiger partial charge >= 0.3 is 0 Å². The van der Waals surface area contributed by atoms with Crippen molar-refractivity contribution in [1.82, 2.24) is 20.6 Å². The van der Waals surface area contributed by atoms with E-state index in [1.807, 2.05) is 0 Å². The number of fused-ring (bicyclic) bond motifs is 1. The molecule has 0 bridgehead atoms. The number of nitrogens with zero attached hydrogens (tertiary/aromatic N) is 2. The van der Waals surface area contributed by atoms with Gasteiger partial charge in [0.1, 0.15) is 5.69 Å². The lowest BCUT2D eigenvalue weighted by molar-refractivity contribution is -0.0138. The van der Waals surface area contributed by atoms with Gasteiger partial charge in [0, 0.05) is 37.4 Å². The minimum absolute atomic E-state index is 0.166. The van der Waals surface area contributed by atoms with Crippen LogP contribution in [-0.4, -0.2) is 47.7 Å². The van der Waals surface area contributed by atoms with Crippen molar-refractivity contribution < 1.29 is 9.53 Å². The van der Waals surface area contributed by atoms with Gasteiger partial charge in [-0.05, 0) is 12.8 Å². The maximum Gasteiger partial charge on any atom is 0.271 e. The van der Waals surface area contributed by atoms with Gasteiger partial charge in [0.15, 0.2) is 0 Å². The van der Waals surface area contributed by atoms with Crippen LogP contribution in [0.5, 0.6) is 0 Å². The summed E-state index contributed by atoms with van der Waals surface area (Å²) < 4.78 is 5.81. The Morgan fingerprint density at radius 1 is 1.47 bits per heavy atom. The molecule has 0 spiro atoms. The Bertz CT molecular complexity index is 440. The first-order valence-corrected chi connectivity index (χ1v) is 6.74. The van der Waals surface area contributed by atoms with E-state index in [2.05, 4.69) is 20.6 Å². The third kappa shape index (κ3) is 2.74. The molecule has 3 rings (SSSR count). The van der Waals surface area contributed by atoms with Gasteiger partial charge < -0.3 is 15.4 Å². The highest BCUT2D eigenvalue weighted by molar-refractivity contribution is 5.91. The van der Waals surface area contributed by atoms with Crippen LogP contribution in [0.3, 0.4) is 0 Å². The van der Waals surface area contributed by atoms with E-state index >= 15 is 0 Å². The molecule has 1 aliphatic heterocycles. The van der Waals surface area contributed by atoms with Crippen molar-refractivity contribution >= 4 is 5.91 Å². The number of amides is 1. The molecule has 6 nitrogen and oxygen atoms in total. The second-order valence-corrected chi connectivity index (χ2v) is 5.03. The topological polar surface area (TPSA) is 76.1 Å². The molecule has 1 saturated heterocycles. The highest BCUT2D eigenvalue weighted by Gasteiger charge is 2.38. The number of nitrogens with one attached hydrogen (secondary N) is 2. The van der Waals surface area contributed by atoms with E-state index in [0.29, 0.717) is 24.2 Å². The van der Waals surface area contributed by atoms with Crippen molar-refractivity contribution in [3.05, 3.63) is 24.3 Å². The minimum atomic E-state index is -0.166. The summed E-state index contributed by atoms with van der Waals surface area (Å²) in [5, 5.41) is 6.39. The van der Waals surface area contributed by atoms with Gasteiger partial charge in [-0.3, -0.25) is 9.78 Å². The van der Waals surface area contributed by atoms with E-state index in [1.165, 1.54) is 12.4 Å². The molecule has 1 saturated carbocycles. The van der Waals surface area contributed by atoms with Crippen molar-refractivity contribution in [1.29, 1.82) is 0 Å². The van der Waals surface area contributed by atoms with E-state index in [9.17, 15) is 4.79 Å². The number of aromatic nitrogens is 2. The molecule has 1 aromatic rings. The van der Waals surface area contributed by atoms with Gasteiger partial charge in [-0.2, -0.15) is 0 Å². The zero-order chi connectivity index (χ0) is 13.1. The molecule has 6 heteroatoms. The number of carbonyl (C=O) groups is 1. The second-order valence-electron chi connectivity index (χ2n) is 5.03. The summed E-state index contributed by atoms with van der Waals surface area (Å²) in [5.74, 6) is 0.221. The molecule has 2 heterocycles. The Balaban J connectivity index is 1.54. The standard InChI is InChI=1S/C13H18N4O2/c18-13(11-8-14-3-4-15-11)17-7-9-1-2-10-12(9)19-6-5-16-10/h3-4,8-10,12,16H,1-2,5-7H2,(H,17,18)/t9-,10+,12-/m0/s1. The Kier molecular flexibility index (Phi) is 3.70.